The van der Waals surface area contributed by atoms with E-state index in [1.807, 2.05) is 19.1 Å². The molecule has 1 atom stereocenters. The van der Waals surface area contributed by atoms with Crippen molar-refractivity contribution in [1.29, 1.82) is 0 Å². The Bertz CT molecular complexity index is 1270. The van der Waals surface area contributed by atoms with Crippen molar-refractivity contribution in [2.75, 3.05) is 45.2 Å². The number of piperidine rings is 2. The minimum atomic E-state index is -5.19. The van der Waals surface area contributed by atoms with Gasteiger partial charge in [-0.15, -0.1) is 0 Å². The first-order valence-electron chi connectivity index (χ1n) is 14.1. The van der Waals surface area contributed by atoms with Crippen molar-refractivity contribution in [2.24, 2.45) is 11.3 Å². The maximum absolute atomic E-state index is 14.1. The van der Waals surface area contributed by atoms with Gasteiger partial charge in [-0.2, -0.15) is 13.2 Å². The smallest absolute Gasteiger partial charge is 0.372 e. The molecule has 0 spiro atoms. The minimum absolute atomic E-state index is 0.0127. The van der Waals surface area contributed by atoms with Crippen LogP contribution in [0, 0.1) is 18.3 Å². The largest absolute Gasteiger partial charge is 0.430 e. The molecular formula is C31H39ClF3N3O3. The Morgan fingerprint density at radius 1 is 1.05 bits per heavy atom. The Labute approximate surface area is 245 Å². The highest BCUT2D eigenvalue weighted by Gasteiger charge is 2.62. The molecule has 1 N–H and O–H groups in total. The van der Waals surface area contributed by atoms with Crippen molar-refractivity contribution in [3.8, 4) is 0 Å². The highest BCUT2D eigenvalue weighted by atomic mass is 35.5. The molecule has 4 rings (SSSR count). The number of amides is 2. The van der Waals surface area contributed by atoms with Gasteiger partial charge in [0.2, 0.25) is 0 Å². The molecule has 0 saturated carbocycles. The molecule has 2 aromatic rings. The summed E-state index contributed by atoms with van der Waals surface area (Å²) in [6.45, 7) is 6.20. The van der Waals surface area contributed by atoms with Crippen LogP contribution in [0.3, 0.4) is 0 Å². The summed E-state index contributed by atoms with van der Waals surface area (Å²) in [6.07, 6.45) is -1.11. The Balaban J connectivity index is 1.34. The average Bonchev–Trinajstić information content (AvgIpc) is 2.92. The minimum Gasteiger partial charge on any atom is -0.372 e. The monoisotopic (exact) mass is 593 g/mol. The summed E-state index contributed by atoms with van der Waals surface area (Å²) in [5.41, 5.74) is -1.56. The highest BCUT2D eigenvalue weighted by molar-refractivity contribution is 6.30. The lowest BCUT2D eigenvalue weighted by atomic mass is 9.71. The number of carbonyl (C=O) groups excluding carboxylic acids is 2. The third-order valence-electron chi connectivity index (χ3n) is 8.83. The van der Waals surface area contributed by atoms with Crippen LogP contribution in [-0.4, -0.2) is 73.2 Å². The van der Waals surface area contributed by atoms with Gasteiger partial charge in [0.1, 0.15) is 0 Å². The zero-order valence-corrected chi connectivity index (χ0v) is 24.9. The lowest BCUT2D eigenvalue weighted by Gasteiger charge is -2.45. The topological polar surface area (TPSA) is 64.1 Å². The second kappa shape index (κ2) is 11.8. The normalized spacial score (nSPS) is 19.5. The van der Waals surface area contributed by atoms with Crippen molar-refractivity contribution in [2.45, 2.75) is 57.7 Å². The second-order valence-corrected chi connectivity index (χ2v) is 12.6. The maximum Gasteiger partial charge on any atom is 0.430 e. The van der Waals surface area contributed by atoms with Gasteiger partial charge in [-0.3, -0.25) is 9.59 Å². The number of carbonyl (C=O) groups is 2. The van der Waals surface area contributed by atoms with E-state index in [1.54, 1.807) is 19.0 Å². The summed E-state index contributed by atoms with van der Waals surface area (Å²) in [7, 11) is 3.48. The number of aryl methyl sites for hydroxylation is 1. The number of hydrogen-bond donors (Lipinski definition) is 1. The number of alkyl halides is 3. The van der Waals surface area contributed by atoms with Gasteiger partial charge in [0.15, 0.2) is 0 Å². The van der Waals surface area contributed by atoms with Gasteiger partial charge in [-0.1, -0.05) is 30.7 Å². The highest BCUT2D eigenvalue weighted by Crippen LogP contribution is 2.44. The summed E-state index contributed by atoms with van der Waals surface area (Å²) in [5, 5.41) is 10.8. The molecule has 6 nitrogen and oxygen atoms in total. The Morgan fingerprint density at radius 3 is 2.22 bits per heavy atom. The number of anilines is 1. The Morgan fingerprint density at radius 2 is 1.68 bits per heavy atom. The Hall–Kier alpha value is -2.78. The van der Waals surface area contributed by atoms with Crippen molar-refractivity contribution in [3.05, 3.63) is 64.2 Å². The van der Waals surface area contributed by atoms with E-state index in [9.17, 15) is 27.9 Å². The molecular weight excluding hydrogens is 555 g/mol. The quantitative estimate of drug-likeness (QED) is 0.444. The van der Waals surface area contributed by atoms with Crippen LogP contribution in [0.25, 0.3) is 0 Å². The summed E-state index contributed by atoms with van der Waals surface area (Å²) in [6, 6.07) is 10.7. The number of rotatable bonds is 6. The second-order valence-electron chi connectivity index (χ2n) is 12.2. The van der Waals surface area contributed by atoms with E-state index >= 15 is 0 Å². The number of hydrogen-bond acceptors (Lipinski definition) is 4. The van der Waals surface area contributed by atoms with Crippen LogP contribution in [0.4, 0.5) is 18.9 Å². The zero-order chi connectivity index (χ0) is 30.2. The molecule has 2 aromatic carbocycles. The number of nitrogens with zero attached hydrogens (tertiary/aromatic N) is 3. The number of aliphatic hydroxyl groups is 1. The molecule has 2 saturated heterocycles. The van der Waals surface area contributed by atoms with Gasteiger partial charge in [0.05, 0.1) is 0 Å². The van der Waals surface area contributed by atoms with Crippen molar-refractivity contribution < 1.29 is 27.9 Å². The van der Waals surface area contributed by atoms with Crippen LogP contribution in [-0.2, 0) is 10.4 Å². The van der Waals surface area contributed by atoms with Crippen molar-refractivity contribution in [1.82, 2.24) is 9.80 Å². The van der Waals surface area contributed by atoms with Gasteiger partial charge < -0.3 is 19.8 Å². The number of likely N-dealkylation sites (tertiary alicyclic amines) is 1. The van der Waals surface area contributed by atoms with Crippen molar-refractivity contribution >= 4 is 29.1 Å². The first-order chi connectivity index (χ1) is 19.1. The van der Waals surface area contributed by atoms with E-state index < -0.39 is 23.2 Å². The van der Waals surface area contributed by atoms with E-state index in [0.29, 0.717) is 24.3 Å². The molecule has 0 aromatic heterocycles. The molecule has 2 amide bonds. The summed E-state index contributed by atoms with van der Waals surface area (Å²) in [4.78, 5) is 30.6. The van der Waals surface area contributed by atoms with Gasteiger partial charge >= 0.3 is 6.18 Å². The van der Waals surface area contributed by atoms with Gasteiger partial charge in [-0.25, -0.2) is 0 Å². The predicted octanol–water partition coefficient (Wildman–Crippen LogP) is 6.04. The van der Waals surface area contributed by atoms with E-state index in [0.717, 1.165) is 60.6 Å². The molecule has 224 valence electrons. The maximum atomic E-state index is 14.1. The lowest BCUT2D eigenvalue weighted by molar-refractivity contribution is -0.262. The van der Waals surface area contributed by atoms with Gasteiger partial charge in [-0.05, 0) is 86.3 Å². The lowest BCUT2D eigenvalue weighted by Crippen LogP contribution is -2.57. The molecule has 2 aliphatic rings. The standard InChI is InChI=1S/C31H39ClF3N3O3/c1-21-18-25(8-9-26(21)27(39)36(3)4)37-14-10-22(11-15-37)20-29(2)12-16-38(17-13-29)28(40)30(41,31(33,34)35)23-6-5-7-24(32)19-23/h5-9,18-19,22,41H,10-17,20H2,1-4H3/t30-/m1/s1. The molecule has 10 heteroatoms. The van der Waals surface area contributed by atoms with Gasteiger partial charge in [0.25, 0.3) is 17.4 Å². The van der Waals surface area contributed by atoms with E-state index in [4.69, 9.17) is 11.6 Å². The molecule has 0 unspecified atom stereocenters. The SMILES string of the molecule is Cc1cc(N2CCC(CC3(C)CCN(C(=O)[C@](O)(c4cccc(Cl)c4)C(F)(F)F)CC3)CC2)ccc1C(=O)N(C)C. The zero-order valence-electron chi connectivity index (χ0n) is 24.1. The fraction of sp³-hybridized carbons (Fsp3) is 0.548. The van der Waals surface area contributed by atoms with Crippen molar-refractivity contribution in [3.63, 3.8) is 0 Å². The van der Waals surface area contributed by atoms with Crippen LogP contribution in [0.2, 0.25) is 5.02 Å². The molecule has 2 heterocycles. The fourth-order valence-electron chi connectivity index (χ4n) is 6.22. The molecule has 2 fully saturated rings. The first kappa shape index (κ1) is 31.2. The molecule has 41 heavy (non-hydrogen) atoms. The number of benzene rings is 2. The number of halogens is 4. The van der Waals surface area contributed by atoms with E-state index in [-0.39, 0.29) is 29.4 Å². The average molecular weight is 594 g/mol. The summed E-state index contributed by atoms with van der Waals surface area (Å²) in [5.74, 6) is -0.884. The van der Waals surface area contributed by atoms with Crippen LogP contribution in [0.15, 0.2) is 42.5 Å². The van der Waals surface area contributed by atoms with Crippen LogP contribution >= 0.6 is 11.6 Å². The Kier molecular flexibility index (Phi) is 9.00. The van der Waals surface area contributed by atoms with E-state index in [1.165, 1.54) is 12.1 Å². The fourth-order valence-corrected chi connectivity index (χ4v) is 6.41. The van der Waals surface area contributed by atoms with E-state index in [2.05, 4.69) is 17.9 Å². The molecule has 0 radical (unpaired) electrons. The molecule has 0 bridgehead atoms. The summed E-state index contributed by atoms with van der Waals surface area (Å²) >= 11 is 5.88. The van der Waals surface area contributed by atoms with Crippen LogP contribution in [0.5, 0.6) is 0 Å². The van der Waals surface area contributed by atoms with Gasteiger partial charge in [0, 0.05) is 62.1 Å². The third-order valence-corrected chi connectivity index (χ3v) is 9.06. The molecule has 0 aliphatic carbocycles. The molecule has 2 aliphatic heterocycles. The summed E-state index contributed by atoms with van der Waals surface area (Å²) < 4.78 is 42.3. The first-order valence-corrected chi connectivity index (χ1v) is 14.4. The van der Waals surface area contributed by atoms with Crippen LogP contribution in [0.1, 0.15) is 60.5 Å². The third kappa shape index (κ3) is 6.51. The predicted molar refractivity (Wildman–Crippen MR) is 154 cm³/mol. The van der Waals surface area contributed by atoms with Crippen LogP contribution < -0.4 is 4.90 Å².